The standard InChI is InChI=1S/C24H26O5/c1-26-19-12-8-17(9-13-19)24(25,18-10-14-20(27-2)15-11-18)16-21-22(28-3)6-5-7-23(21)29-4/h5-15,25H,16H2,1-4H3. The molecule has 29 heavy (non-hydrogen) atoms. The molecule has 0 amide bonds. The van der Waals surface area contributed by atoms with E-state index >= 15 is 0 Å². The fraction of sp³-hybridized carbons (Fsp3) is 0.250. The van der Waals surface area contributed by atoms with Crippen molar-refractivity contribution in [1.82, 2.24) is 0 Å². The van der Waals surface area contributed by atoms with Gasteiger partial charge in [0.15, 0.2) is 0 Å². The molecule has 1 N–H and O–H groups in total. The highest BCUT2D eigenvalue weighted by Gasteiger charge is 2.34. The van der Waals surface area contributed by atoms with Crippen molar-refractivity contribution in [3.05, 3.63) is 83.4 Å². The lowest BCUT2D eigenvalue weighted by atomic mass is 9.81. The van der Waals surface area contributed by atoms with Crippen molar-refractivity contribution < 1.29 is 24.1 Å². The van der Waals surface area contributed by atoms with Gasteiger partial charge in [0.1, 0.15) is 28.6 Å². The highest BCUT2D eigenvalue weighted by Crippen LogP contribution is 2.40. The molecule has 152 valence electrons. The third-order valence-corrected chi connectivity index (χ3v) is 5.10. The molecule has 3 aromatic rings. The number of methoxy groups -OCH3 is 4. The summed E-state index contributed by atoms with van der Waals surface area (Å²) in [5, 5.41) is 12.0. The van der Waals surface area contributed by atoms with E-state index in [4.69, 9.17) is 18.9 Å². The minimum absolute atomic E-state index is 0.263. The molecule has 0 aliphatic heterocycles. The predicted molar refractivity (Wildman–Crippen MR) is 112 cm³/mol. The van der Waals surface area contributed by atoms with Crippen molar-refractivity contribution in [3.8, 4) is 23.0 Å². The Hall–Kier alpha value is -3.18. The monoisotopic (exact) mass is 394 g/mol. The quantitative estimate of drug-likeness (QED) is 0.621. The smallest absolute Gasteiger partial charge is 0.125 e. The summed E-state index contributed by atoms with van der Waals surface area (Å²) in [6.07, 6.45) is 0.263. The van der Waals surface area contributed by atoms with Gasteiger partial charge in [-0.25, -0.2) is 0 Å². The second kappa shape index (κ2) is 8.88. The zero-order chi connectivity index (χ0) is 20.9. The van der Waals surface area contributed by atoms with Gasteiger partial charge in [0.05, 0.1) is 28.4 Å². The van der Waals surface area contributed by atoms with E-state index in [0.717, 1.165) is 28.2 Å². The Morgan fingerprint density at radius 3 is 1.38 bits per heavy atom. The molecule has 0 bridgehead atoms. The number of hydrogen-bond donors (Lipinski definition) is 1. The van der Waals surface area contributed by atoms with Crippen LogP contribution < -0.4 is 18.9 Å². The van der Waals surface area contributed by atoms with Crippen LogP contribution in [0, 0.1) is 0 Å². The van der Waals surface area contributed by atoms with Crippen LogP contribution in [-0.2, 0) is 12.0 Å². The lowest BCUT2D eigenvalue weighted by Crippen LogP contribution is -2.30. The summed E-state index contributed by atoms with van der Waals surface area (Å²) in [4.78, 5) is 0. The minimum atomic E-state index is -1.32. The minimum Gasteiger partial charge on any atom is -0.497 e. The first kappa shape index (κ1) is 20.6. The molecule has 0 aromatic heterocycles. The summed E-state index contributed by atoms with van der Waals surface area (Å²) >= 11 is 0. The van der Waals surface area contributed by atoms with Gasteiger partial charge in [-0.05, 0) is 47.5 Å². The lowest BCUT2D eigenvalue weighted by molar-refractivity contribution is 0.0795. The molecule has 5 heteroatoms. The van der Waals surface area contributed by atoms with Gasteiger partial charge in [-0.2, -0.15) is 0 Å². The Labute approximate surface area is 171 Å². The molecule has 0 fully saturated rings. The van der Waals surface area contributed by atoms with E-state index in [2.05, 4.69) is 0 Å². The first-order valence-corrected chi connectivity index (χ1v) is 9.27. The molecule has 0 aliphatic rings. The van der Waals surface area contributed by atoms with E-state index in [9.17, 15) is 5.11 Å². The topological polar surface area (TPSA) is 57.2 Å². The Morgan fingerprint density at radius 2 is 1.03 bits per heavy atom. The maximum Gasteiger partial charge on any atom is 0.125 e. The first-order valence-electron chi connectivity index (χ1n) is 9.27. The van der Waals surface area contributed by atoms with Crippen LogP contribution >= 0.6 is 0 Å². The summed E-state index contributed by atoms with van der Waals surface area (Å²) < 4.78 is 21.6. The molecule has 0 saturated heterocycles. The average molecular weight is 394 g/mol. The van der Waals surface area contributed by atoms with Gasteiger partial charge in [0.25, 0.3) is 0 Å². The van der Waals surface area contributed by atoms with Gasteiger partial charge in [-0.15, -0.1) is 0 Å². The molecule has 0 heterocycles. The predicted octanol–water partition coefficient (Wildman–Crippen LogP) is 4.20. The van der Waals surface area contributed by atoms with Gasteiger partial charge < -0.3 is 24.1 Å². The molecule has 3 aromatic carbocycles. The van der Waals surface area contributed by atoms with Gasteiger partial charge in [-0.1, -0.05) is 30.3 Å². The Bertz CT molecular complexity index is 863. The van der Waals surface area contributed by atoms with Crippen LogP contribution in [0.5, 0.6) is 23.0 Å². The summed E-state index contributed by atoms with van der Waals surface area (Å²) in [7, 11) is 6.45. The molecular formula is C24H26O5. The van der Waals surface area contributed by atoms with Gasteiger partial charge >= 0.3 is 0 Å². The van der Waals surface area contributed by atoms with Crippen LogP contribution in [0.2, 0.25) is 0 Å². The van der Waals surface area contributed by atoms with Crippen LogP contribution in [0.1, 0.15) is 16.7 Å². The molecule has 0 spiro atoms. The molecule has 3 rings (SSSR count). The summed E-state index contributed by atoms with van der Waals surface area (Å²) in [5.41, 5.74) is 0.931. The zero-order valence-electron chi connectivity index (χ0n) is 17.1. The molecular weight excluding hydrogens is 368 g/mol. The summed E-state index contributed by atoms with van der Waals surface area (Å²) in [6.45, 7) is 0. The van der Waals surface area contributed by atoms with E-state index in [0.29, 0.717) is 11.5 Å². The highest BCUT2D eigenvalue weighted by atomic mass is 16.5. The Balaban J connectivity index is 2.15. The third-order valence-electron chi connectivity index (χ3n) is 5.10. The Morgan fingerprint density at radius 1 is 0.621 bits per heavy atom. The van der Waals surface area contributed by atoms with Crippen LogP contribution in [0.15, 0.2) is 66.7 Å². The second-order valence-electron chi connectivity index (χ2n) is 6.64. The second-order valence-corrected chi connectivity index (χ2v) is 6.64. The van der Waals surface area contributed by atoms with Gasteiger partial charge in [-0.3, -0.25) is 0 Å². The van der Waals surface area contributed by atoms with E-state index < -0.39 is 5.60 Å². The van der Waals surface area contributed by atoms with E-state index in [1.165, 1.54) is 0 Å². The van der Waals surface area contributed by atoms with Crippen molar-refractivity contribution in [2.45, 2.75) is 12.0 Å². The maximum absolute atomic E-state index is 12.0. The maximum atomic E-state index is 12.0. The van der Waals surface area contributed by atoms with Crippen LogP contribution in [0.4, 0.5) is 0 Å². The van der Waals surface area contributed by atoms with Crippen LogP contribution in [-0.4, -0.2) is 33.5 Å². The van der Waals surface area contributed by atoms with E-state index in [1.54, 1.807) is 28.4 Å². The Kier molecular flexibility index (Phi) is 6.29. The molecule has 0 unspecified atom stereocenters. The number of hydrogen-bond acceptors (Lipinski definition) is 5. The molecule has 0 saturated carbocycles. The molecule has 0 atom stereocenters. The average Bonchev–Trinajstić information content (AvgIpc) is 2.79. The van der Waals surface area contributed by atoms with Crippen molar-refractivity contribution in [1.29, 1.82) is 0 Å². The fourth-order valence-corrected chi connectivity index (χ4v) is 3.46. The fourth-order valence-electron chi connectivity index (χ4n) is 3.46. The van der Waals surface area contributed by atoms with Crippen LogP contribution in [0.25, 0.3) is 0 Å². The summed E-state index contributed by atoms with van der Waals surface area (Å²) in [6, 6.07) is 20.4. The molecule has 5 nitrogen and oxygen atoms in total. The van der Waals surface area contributed by atoms with Crippen molar-refractivity contribution in [2.24, 2.45) is 0 Å². The number of rotatable bonds is 8. The number of aliphatic hydroxyl groups is 1. The molecule has 0 aliphatic carbocycles. The zero-order valence-corrected chi connectivity index (χ0v) is 17.1. The number of ether oxygens (including phenoxy) is 4. The van der Waals surface area contributed by atoms with Crippen molar-refractivity contribution >= 4 is 0 Å². The summed E-state index contributed by atoms with van der Waals surface area (Å²) in [5.74, 6) is 2.76. The highest BCUT2D eigenvalue weighted by molar-refractivity contribution is 5.49. The normalized spacial score (nSPS) is 11.1. The lowest BCUT2D eigenvalue weighted by Gasteiger charge is -2.31. The number of benzene rings is 3. The van der Waals surface area contributed by atoms with Gasteiger partial charge in [0.2, 0.25) is 0 Å². The van der Waals surface area contributed by atoms with Crippen LogP contribution in [0.3, 0.4) is 0 Å². The SMILES string of the molecule is COc1ccc(C(O)(Cc2c(OC)cccc2OC)c2ccc(OC)cc2)cc1. The van der Waals surface area contributed by atoms with Crippen molar-refractivity contribution in [2.75, 3.05) is 28.4 Å². The van der Waals surface area contributed by atoms with Crippen molar-refractivity contribution in [3.63, 3.8) is 0 Å². The first-order chi connectivity index (χ1) is 14.0. The van der Waals surface area contributed by atoms with Gasteiger partial charge in [0, 0.05) is 12.0 Å². The third kappa shape index (κ3) is 4.15. The van der Waals surface area contributed by atoms with E-state index in [1.807, 2.05) is 66.7 Å². The molecule has 0 radical (unpaired) electrons. The van der Waals surface area contributed by atoms with E-state index in [-0.39, 0.29) is 6.42 Å². The largest absolute Gasteiger partial charge is 0.497 e.